The van der Waals surface area contributed by atoms with E-state index in [-0.39, 0.29) is 0 Å². The molecule has 0 aliphatic carbocycles. The van der Waals surface area contributed by atoms with Gasteiger partial charge in [-0.2, -0.15) is 17.6 Å². The molecule has 0 aliphatic rings. The lowest BCUT2D eigenvalue weighted by Gasteiger charge is -2.25. The van der Waals surface area contributed by atoms with Gasteiger partial charge in [-0.25, -0.2) is 9.59 Å². The summed E-state index contributed by atoms with van der Waals surface area (Å²) in [6.45, 7) is 0. The number of halogens is 4. The topological polar surface area (TPSA) is 98.1 Å². The molecule has 0 rings (SSSR count). The molecule has 0 aromatic carbocycles. The molecule has 0 radical (unpaired) electrons. The van der Waals surface area contributed by atoms with E-state index in [1.807, 2.05) is 0 Å². The number of alkyl halides is 4. The van der Waals surface area contributed by atoms with E-state index in [1.54, 1.807) is 0 Å². The minimum atomic E-state index is -5.40. The zero-order valence-electron chi connectivity index (χ0n) is 6.12. The van der Waals surface area contributed by atoms with E-state index in [0.717, 1.165) is 0 Å². The first-order valence-electron chi connectivity index (χ1n) is 2.76. The van der Waals surface area contributed by atoms with Crippen molar-refractivity contribution in [1.82, 2.24) is 5.06 Å². The molecule has 0 atom stereocenters. The third-order valence-electron chi connectivity index (χ3n) is 1.05. The largest absolute Gasteiger partial charge is 0.476 e. The van der Waals surface area contributed by atoms with Crippen molar-refractivity contribution in [2.45, 2.75) is 12.1 Å². The van der Waals surface area contributed by atoms with Gasteiger partial charge in [-0.3, -0.25) is 0 Å². The molecule has 0 saturated heterocycles. The zero-order valence-corrected chi connectivity index (χ0v) is 6.12. The summed E-state index contributed by atoms with van der Waals surface area (Å²) in [5, 5.41) is 21.0. The highest BCUT2D eigenvalue weighted by atomic mass is 19.3. The Balaban J connectivity index is 5.04. The van der Waals surface area contributed by atoms with Crippen LogP contribution in [0.1, 0.15) is 0 Å². The zero-order chi connectivity index (χ0) is 11.7. The van der Waals surface area contributed by atoms with Crippen molar-refractivity contribution in [3.8, 4) is 0 Å². The second-order valence-electron chi connectivity index (χ2n) is 2.00. The highest BCUT2D eigenvalue weighted by Gasteiger charge is 2.61. The molecule has 0 bridgehead atoms. The minimum absolute atomic E-state index is 2.34. The van der Waals surface area contributed by atoms with E-state index in [9.17, 15) is 27.2 Å². The Morgan fingerprint density at radius 2 is 1.14 bits per heavy atom. The number of aliphatic carboxylic acids is 2. The monoisotopic (exact) mass is 221 g/mol. The summed E-state index contributed by atoms with van der Waals surface area (Å²) in [6.07, 6.45) is 0. The first-order chi connectivity index (χ1) is 6.04. The Morgan fingerprint density at radius 3 is 1.29 bits per heavy atom. The number of carboxylic acids is 2. The van der Waals surface area contributed by atoms with Gasteiger partial charge in [-0.1, -0.05) is 0 Å². The fraction of sp³-hybridized carbons (Fsp3) is 0.500. The lowest BCUT2D eigenvalue weighted by atomic mass is 10.4. The van der Waals surface area contributed by atoms with Crippen molar-refractivity contribution in [2.24, 2.45) is 0 Å². The number of hydrogen-bond acceptors (Lipinski definition) is 4. The standard InChI is InChI=1S/C4H3F4NO5/c5-3(6,1(10)11)9(14)4(7,8)2(12)13/h14H,(H,10,11)(H,12,13). The molecule has 10 heteroatoms. The molecule has 6 nitrogen and oxygen atoms in total. The van der Waals surface area contributed by atoms with Crippen LogP contribution in [0.3, 0.4) is 0 Å². The number of hydroxylamine groups is 2. The van der Waals surface area contributed by atoms with Crippen LogP contribution in [0.5, 0.6) is 0 Å². The van der Waals surface area contributed by atoms with Crippen molar-refractivity contribution in [1.29, 1.82) is 0 Å². The fourth-order valence-electron chi connectivity index (χ4n) is 0.358. The van der Waals surface area contributed by atoms with Crippen LogP contribution in [0.2, 0.25) is 0 Å². The molecule has 0 aromatic heterocycles. The third kappa shape index (κ3) is 1.90. The molecular weight excluding hydrogens is 218 g/mol. The summed E-state index contributed by atoms with van der Waals surface area (Å²) in [6, 6.07) is -10.8. The Labute approximate surface area is 72.9 Å². The van der Waals surface area contributed by atoms with Crippen LogP contribution >= 0.6 is 0 Å². The van der Waals surface area contributed by atoms with Gasteiger partial charge in [-0.15, -0.1) is 0 Å². The number of nitrogens with zero attached hydrogens (tertiary/aromatic N) is 1. The number of rotatable bonds is 4. The molecule has 3 N–H and O–H groups in total. The summed E-state index contributed by atoms with van der Waals surface area (Å²) in [5.41, 5.74) is 0. The summed E-state index contributed by atoms with van der Waals surface area (Å²) in [5.74, 6) is -6.22. The van der Waals surface area contributed by atoms with Crippen LogP contribution in [0.4, 0.5) is 17.6 Å². The van der Waals surface area contributed by atoms with E-state index >= 15 is 0 Å². The highest BCUT2D eigenvalue weighted by molar-refractivity contribution is 5.78. The van der Waals surface area contributed by atoms with E-state index < -0.39 is 29.1 Å². The first-order valence-corrected chi connectivity index (χ1v) is 2.76. The smallest absolute Gasteiger partial charge is 0.427 e. The molecule has 0 heterocycles. The maximum Gasteiger partial charge on any atom is 0.427 e. The molecule has 0 saturated carbocycles. The second kappa shape index (κ2) is 3.38. The Bertz CT molecular complexity index is 240. The molecule has 82 valence electrons. The summed E-state index contributed by atoms with van der Waals surface area (Å²) >= 11 is 0. The van der Waals surface area contributed by atoms with Gasteiger partial charge in [0.25, 0.3) is 0 Å². The predicted octanol–water partition coefficient (Wildman–Crippen LogP) is 0.0324. The number of hydrogen-bond donors (Lipinski definition) is 3. The van der Waals surface area contributed by atoms with Gasteiger partial charge < -0.3 is 15.4 Å². The molecule has 0 aliphatic heterocycles. The highest BCUT2D eigenvalue weighted by Crippen LogP contribution is 2.29. The average molecular weight is 221 g/mol. The van der Waals surface area contributed by atoms with Crippen molar-refractivity contribution >= 4 is 11.9 Å². The normalized spacial score (nSPS) is 13.0. The fourth-order valence-corrected chi connectivity index (χ4v) is 0.358. The molecular formula is C4H3F4NO5. The van der Waals surface area contributed by atoms with E-state index in [4.69, 9.17) is 15.4 Å². The van der Waals surface area contributed by atoms with Gasteiger partial charge in [0, 0.05) is 0 Å². The maximum atomic E-state index is 12.1. The molecule has 0 aromatic rings. The van der Waals surface area contributed by atoms with Crippen molar-refractivity contribution < 1.29 is 42.6 Å². The minimum Gasteiger partial charge on any atom is -0.476 e. The van der Waals surface area contributed by atoms with Crippen molar-refractivity contribution in [3.63, 3.8) is 0 Å². The van der Waals surface area contributed by atoms with Gasteiger partial charge in [0.2, 0.25) is 0 Å². The molecule has 0 unspecified atom stereocenters. The van der Waals surface area contributed by atoms with Crippen LogP contribution in [-0.4, -0.2) is 44.5 Å². The Morgan fingerprint density at radius 1 is 0.929 bits per heavy atom. The van der Waals surface area contributed by atoms with Gasteiger partial charge in [-0.05, 0) is 5.06 Å². The molecule has 0 spiro atoms. The lowest BCUT2D eigenvalue weighted by Crippen LogP contribution is -2.57. The summed E-state index contributed by atoms with van der Waals surface area (Å²) in [7, 11) is 0. The molecule has 14 heavy (non-hydrogen) atoms. The quantitative estimate of drug-likeness (QED) is 0.352. The van der Waals surface area contributed by atoms with Gasteiger partial charge in [0.1, 0.15) is 0 Å². The van der Waals surface area contributed by atoms with Crippen LogP contribution in [-0.2, 0) is 9.59 Å². The van der Waals surface area contributed by atoms with Crippen LogP contribution in [0, 0.1) is 0 Å². The number of carbonyl (C=O) groups is 2. The van der Waals surface area contributed by atoms with E-state index in [0.29, 0.717) is 0 Å². The summed E-state index contributed by atoms with van der Waals surface area (Å²) < 4.78 is 48.5. The van der Waals surface area contributed by atoms with E-state index in [1.165, 1.54) is 0 Å². The van der Waals surface area contributed by atoms with Crippen molar-refractivity contribution in [2.75, 3.05) is 0 Å². The third-order valence-corrected chi connectivity index (χ3v) is 1.05. The maximum absolute atomic E-state index is 12.1. The van der Waals surface area contributed by atoms with E-state index in [2.05, 4.69) is 0 Å². The Kier molecular flexibility index (Phi) is 3.04. The van der Waals surface area contributed by atoms with Gasteiger partial charge in [0.15, 0.2) is 0 Å². The molecule has 0 amide bonds. The lowest BCUT2D eigenvalue weighted by molar-refractivity contribution is -0.375. The number of carboxylic acid groups (broad SMARTS) is 2. The van der Waals surface area contributed by atoms with Crippen LogP contribution < -0.4 is 0 Å². The first kappa shape index (κ1) is 12.6. The van der Waals surface area contributed by atoms with Crippen LogP contribution in [0.25, 0.3) is 0 Å². The SMILES string of the molecule is O=C(O)C(F)(F)N(O)C(F)(F)C(=O)O. The van der Waals surface area contributed by atoms with Crippen LogP contribution in [0.15, 0.2) is 0 Å². The predicted molar refractivity (Wildman–Crippen MR) is 28.8 cm³/mol. The van der Waals surface area contributed by atoms with Crippen molar-refractivity contribution in [3.05, 3.63) is 0 Å². The van der Waals surface area contributed by atoms with Gasteiger partial charge in [0.05, 0.1) is 0 Å². The van der Waals surface area contributed by atoms with Gasteiger partial charge >= 0.3 is 24.0 Å². The Hall–Kier alpha value is -1.42. The average Bonchev–Trinajstić information content (AvgIpc) is 2.02. The molecule has 0 fully saturated rings. The summed E-state index contributed by atoms with van der Waals surface area (Å²) in [4.78, 5) is 19.3. The second-order valence-corrected chi connectivity index (χ2v) is 2.00.